The molecule has 0 radical (unpaired) electrons. The molecule has 1 aromatic heterocycles. The molecule has 1 fully saturated rings. The van der Waals surface area contributed by atoms with Crippen LogP contribution in [0.4, 0.5) is 18.3 Å². The van der Waals surface area contributed by atoms with E-state index in [0.29, 0.717) is 15.6 Å². The molecule has 0 saturated carbocycles. The third-order valence-corrected chi connectivity index (χ3v) is 5.29. The summed E-state index contributed by atoms with van der Waals surface area (Å²) in [5, 5.41) is 12.7. The quantitative estimate of drug-likeness (QED) is 0.830. The molecule has 1 aromatic carbocycles. The molecule has 1 unspecified atom stereocenters. The van der Waals surface area contributed by atoms with E-state index in [1.54, 1.807) is 0 Å². The summed E-state index contributed by atoms with van der Waals surface area (Å²) in [7, 11) is 0. The van der Waals surface area contributed by atoms with Crippen molar-refractivity contribution in [2.45, 2.75) is 31.6 Å². The highest BCUT2D eigenvalue weighted by molar-refractivity contribution is 7.17. The van der Waals surface area contributed by atoms with Crippen molar-refractivity contribution in [1.29, 1.82) is 0 Å². The van der Waals surface area contributed by atoms with Gasteiger partial charge < -0.3 is 15.3 Å². The molecule has 2 aromatic rings. The first kappa shape index (κ1) is 18.7. The fourth-order valence-corrected chi connectivity index (χ4v) is 3.84. The molecule has 1 amide bonds. The zero-order valence-electron chi connectivity index (χ0n) is 13.8. The zero-order chi connectivity index (χ0) is 18.7. The van der Waals surface area contributed by atoms with Gasteiger partial charge in [0.15, 0.2) is 5.13 Å². The van der Waals surface area contributed by atoms with E-state index in [2.05, 4.69) is 10.3 Å². The molecule has 0 spiro atoms. The minimum absolute atomic E-state index is 0.00103. The van der Waals surface area contributed by atoms with Gasteiger partial charge in [-0.1, -0.05) is 23.5 Å². The van der Waals surface area contributed by atoms with Crippen LogP contribution in [0.15, 0.2) is 30.5 Å². The number of halogens is 3. The fourth-order valence-electron chi connectivity index (χ4n) is 2.91. The maximum absolute atomic E-state index is 12.7. The molecule has 5 nitrogen and oxygen atoms in total. The Kier molecular flexibility index (Phi) is 5.47. The number of hydrogen-bond donors (Lipinski definition) is 2. The monoisotopic (exact) mass is 385 g/mol. The van der Waals surface area contributed by atoms with Crippen LogP contribution in [0.1, 0.15) is 33.6 Å². The summed E-state index contributed by atoms with van der Waals surface area (Å²) in [5.41, 5.74) is -0.369. The molecular weight excluding hydrogens is 367 g/mol. The number of benzene rings is 1. The summed E-state index contributed by atoms with van der Waals surface area (Å²) in [6, 6.07) is 4.88. The molecule has 0 aliphatic carbocycles. The van der Waals surface area contributed by atoms with Crippen LogP contribution >= 0.6 is 11.3 Å². The largest absolute Gasteiger partial charge is 0.416 e. The number of aromatic nitrogens is 1. The SMILES string of the molecule is O=C(NCc1cccc(C(F)(F)F)c1)c1cnc(N2CCCC2CO)s1. The second kappa shape index (κ2) is 7.63. The molecule has 26 heavy (non-hydrogen) atoms. The summed E-state index contributed by atoms with van der Waals surface area (Å²) < 4.78 is 38.2. The van der Waals surface area contributed by atoms with Crippen molar-refractivity contribution in [3.63, 3.8) is 0 Å². The number of rotatable bonds is 5. The third-order valence-electron chi connectivity index (χ3n) is 4.26. The number of hydrogen-bond acceptors (Lipinski definition) is 5. The summed E-state index contributed by atoms with van der Waals surface area (Å²) in [5.74, 6) is -0.383. The van der Waals surface area contributed by atoms with Gasteiger partial charge in [0, 0.05) is 13.1 Å². The van der Waals surface area contributed by atoms with E-state index in [-0.39, 0.29) is 25.1 Å². The molecule has 2 N–H and O–H groups in total. The maximum atomic E-state index is 12.7. The number of carbonyl (C=O) groups excluding carboxylic acids is 1. The topological polar surface area (TPSA) is 65.5 Å². The first-order valence-electron chi connectivity index (χ1n) is 8.16. The lowest BCUT2D eigenvalue weighted by Gasteiger charge is -2.21. The van der Waals surface area contributed by atoms with Gasteiger partial charge in [-0.2, -0.15) is 13.2 Å². The molecule has 1 aliphatic heterocycles. The Balaban J connectivity index is 1.63. The third kappa shape index (κ3) is 4.16. The van der Waals surface area contributed by atoms with Crippen molar-refractivity contribution in [1.82, 2.24) is 10.3 Å². The van der Waals surface area contributed by atoms with Crippen molar-refractivity contribution in [3.05, 3.63) is 46.5 Å². The molecule has 3 rings (SSSR count). The maximum Gasteiger partial charge on any atom is 0.416 e. The average molecular weight is 385 g/mol. The number of nitrogens with one attached hydrogen (secondary N) is 1. The standard InChI is InChI=1S/C17H18F3N3O2S/c18-17(19,20)12-4-1-3-11(7-12)8-21-15(25)14-9-22-16(26-14)23-6-2-5-13(23)10-24/h1,3-4,7,9,13,24H,2,5-6,8,10H2,(H,21,25). The summed E-state index contributed by atoms with van der Waals surface area (Å²) in [6.45, 7) is 0.819. The first-order chi connectivity index (χ1) is 12.4. The Labute approximate surface area is 152 Å². The van der Waals surface area contributed by atoms with Crippen LogP contribution in [0.2, 0.25) is 0 Å². The highest BCUT2D eigenvalue weighted by atomic mass is 32.1. The van der Waals surface area contributed by atoms with Gasteiger partial charge in [-0.3, -0.25) is 4.79 Å². The minimum Gasteiger partial charge on any atom is -0.394 e. The number of aliphatic hydroxyl groups is 1. The predicted molar refractivity (Wildman–Crippen MR) is 92.2 cm³/mol. The molecule has 2 heterocycles. The van der Waals surface area contributed by atoms with Gasteiger partial charge in [0.25, 0.3) is 5.91 Å². The second-order valence-electron chi connectivity index (χ2n) is 6.06. The van der Waals surface area contributed by atoms with Gasteiger partial charge in [-0.25, -0.2) is 4.98 Å². The average Bonchev–Trinajstić information content (AvgIpc) is 3.27. The number of alkyl halides is 3. The van der Waals surface area contributed by atoms with Crippen LogP contribution in [0.5, 0.6) is 0 Å². The van der Waals surface area contributed by atoms with Gasteiger partial charge in [0.05, 0.1) is 24.4 Å². The smallest absolute Gasteiger partial charge is 0.394 e. The number of anilines is 1. The van der Waals surface area contributed by atoms with Crippen LogP contribution < -0.4 is 10.2 Å². The van der Waals surface area contributed by atoms with E-state index in [4.69, 9.17) is 0 Å². The predicted octanol–water partition coefficient (Wildman–Crippen LogP) is 3.05. The molecular formula is C17H18F3N3O2S. The van der Waals surface area contributed by atoms with Crippen molar-refractivity contribution in [2.75, 3.05) is 18.1 Å². The van der Waals surface area contributed by atoms with Crippen LogP contribution in [0.25, 0.3) is 0 Å². The highest BCUT2D eigenvalue weighted by Crippen LogP contribution is 2.30. The van der Waals surface area contributed by atoms with Crippen molar-refractivity contribution in [3.8, 4) is 0 Å². The summed E-state index contributed by atoms with van der Waals surface area (Å²) in [4.78, 5) is 18.9. The Morgan fingerprint density at radius 1 is 1.42 bits per heavy atom. The first-order valence-corrected chi connectivity index (χ1v) is 8.98. The van der Waals surface area contributed by atoms with Crippen molar-refractivity contribution < 1.29 is 23.1 Å². The van der Waals surface area contributed by atoms with Crippen LogP contribution in [-0.2, 0) is 12.7 Å². The van der Waals surface area contributed by atoms with E-state index in [1.807, 2.05) is 4.90 Å². The van der Waals surface area contributed by atoms with E-state index in [0.717, 1.165) is 31.5 Å². The number of thiazole rings is 1. The van der Waals surface area contributed by atoms with Crippen molar-refractivity contribution >= 4 is 22.4 Å². The Bertz CT molecular complexity index is 779. The van der Waals surface area contributed by atoms with Gasteiger partial charge in [0.1, 0.15) is 4.88 Å². The lowest BCUT2D eigenvalue weighted by Crippen LogP contribution is -2.31. The lowest BCUT2D eigenvalue weighted by atomic mass is 10.1. The van der Waals surface area contributed by atoms with E-state index < -0.39 is 11.7 Å². The Hall–Kier alpha value is -2.13. The summed E-state index contributed by atoms with van der Waals surface area (Å²) >= 11 is 1.21. The number of aliphatic hydroxyl groups excluding tert-OH is 1. The molecule has 1 saturated heterocycles. The second-order valence-corrected chi connectivity index (χ2v) is 7.07. The lowest BCUT2D eigenvalue weighted by molar-refractivity contribution is -0.137. The van der Waals surface area contributed by atoms with Gasteiger partial charge in [-0.15, -0.1) is 0 Å². The molecule has 9 heteroatoms. The van der Waals surface area contributed by atoms with Crippen LogP contribution in [0, 0.1) is 0 Å². The van der Waals surface area contributed by atoms with E-state index in [1.165, 1.54) is 29.7 Å². The number of carbonyl (C=O) groups is 1. The molecule has 0 bridgehead atoms. The molecule has 1 aliphatic rings. The fraction of sp³-hybridized carbons (Fsp3) is 0.412. The normalized spacial score (nSPS) is 17.5. The number of nitrogens with zero attached hydrogens (tertiary/aromatic N) is 2. The van der Waals surface area contributed by atoms with Gasteiger partial charge in [0.2, 0.25) is 0 Å². The Morgan fingerprint density at radius 2 is 2.23 bits per heavy atom. The minimum atomic E-state index is -4.41. The highest BCUT2D eigenvalue weighted by Gasteiger charge is 2.30. The van der Waals surface area contributed by atoms with Crippen LogP contribution in [0.3, 0.4) is 0 Å². The van der Waals surface area contributed by atoms with Crippen LogP contribution in [-0.4, -0.2) is 35.2 Å². The van der Waals surface area contributed by atoms with Gasteiger partial charge in [-0.05, 0) is 30.5 Å². The summed E-state index contributed by atoms with van der Waals surface area (Å²) in [6.07, 6.45) is -1.12. The molecule has 140 valence electrons. The van der Waals surface area contributed by atoms with Crippen molar-refractivity contribution in [2.24, 2.45) is 0 Å². The number of amides is 1. The van der Waals surface area contributed by atoms with E-state index >= 15 is 0 Å². The molecule has 1 atom stereocenters. The Morgan fingerprint density at radius 3 is 2.96 bits per heavy atom. The zero-order valence-corrected chi connectivity index (χ0v) is 14.6. The van der Waals surface area contributed by atoms with E-state index in [9.17, 15) is 23.1 Å². The van der Waals surface area contributed by atoms with Gasteiger partial charge >= 0.3 is 6.18 Å².